The Morgan fingerprint density at radius 2 is 1.80 bits per heavy atom. The number of aromatic nitrogens is 2. The Labute approximate surface area is 142 Å². The number of carbonyl (C=O) groups excluding carboxylic acids is 1. The SMILES string of the molecule is Cc1cccc(NC(=O)c2cnc(Nc3ccc(F)cc3F)nc2)c1. The molecule has 0 atom stereocenters. The molecule has 1 heterocycles. The molecule has 7 heteroatoms. The molecule has 2 N–H and O–H groups in total. The van der Waals surface area contributed by atoms with Crippen LogP contribution in [0.1, 0.15) is 15.9 Å². The molecule has 3 rings (SSSR count). The summed E-state index contributed by atoms with van der Waals surface area (Å²) in [5.41, 5.74) is 1.99. The lowest BCUT2D eigenvalue weighted by Crippen LogP contribution is -2.13. The van der Waals surface area contributed by atoms with Crippen molar-refractivity contribution in [2.24, 2.45) is 0 Å². The van der Waals surface area contributed by atoms with Gasteiger partial charge in [-0.15, -0.1) is 0 Å². The van der Waals surface area contributed by atoms with E-state index in [-0.39, 0.29) is 23.1 Å². The van der Waals surface area contributed by atoms with Gasteiger partial charge in [0.2, 0.25) is 5.95 Å². The fourth-order valence-corrected chi connectivity index (χ4v) is 2.15. The Balaban J connectivity index is 1.70. The summed E-state index contributed by atoms with van der Waals surface area (Å²) >= 11 is 0. The molecule has 0 aliphatic heterocycles. The van der Waals surface area contributed by atoms with Gasteiger partial charge in [0, 0.05) is 24.1 Å². The van der Waals surface area contributed by atoms with Crippen LogP contribution in [0.25, 0.3) is 0 Å². The van der Waals surface area contributed by atoms with Crippen LogP contribution in [0.15, 0.2) is 54.9 Å². The standard InChI is InChI=1S/C18H14F2N4O/c1-11-3-2-4-14(7-11)23-17(25)12-9-21-18(22-10-12)24-16-6-5-13(19)8-15(16)20/h2-10H,1H3,(H,23,25)(H,21,22,24). The van der Waals surface area contributed by atoms with Crippen molar-refractivity contribution in [1.82, 2.24) is 9.97 Å². The summed E-state index contributed by atoms with van der Waals surface area (Å²) in [6.07, 6.45) is 2.64. The first-order valence-electron chi connectivity index (χ1n) is 7.43. The zero-order chi connectivity index (χ0) is 17.8. The number of anilines is 3. The Morgan fingerprint density at radius 1 is 1.04 bits per heavy atom. The molecular weight excluding hydrogens is 326 g/mol. The fourth-order valence-electron chi connectivity index (χ4n) is 2.15. The molecule has 3 aromatic rings. The maximum atomic E-state index is 13.6. The summed E-state index contributed by atoms with van der Waals surface area (Å²) in [5, 5.41) is 5.37. The molecule has 0 bridgehead atoms. The van der Waals surface area contributed by atoms with Crippen LogP contribution in [-0.4, -0.2) is 15.9 Å². The molecule has 0 aliphatic carbocycles. The molecule has 0 aliphatic rings. The van der Waals surface area contributed by atoms with Crippen LogP contribution in [-0.2, 0) is 0 Å². The van der Waals surface area contributed by atoms with Crippen molar-refractivity contribution in [3.8, 4) is 0 Å². The van der Waals surface area contributed by atoms with Gasteiger partial charge >= 0.3 is 0 Å². The van der Waals surface area contributed by atoms with E-state index in [0.29, 0.717) is 5.69 Å². The molecule has 0 saturated heterocycles. The lowest BCUT2D eigenvalue weighted by molar-refractivity contribution is 0.102. The van der Waals surface area contributed by atoms with Gasteiger partial charge in [-0.1, -0.05) is 12.1 Å². The summed E-state index contributed by atoms with van der Waals surface area (Å²) in [6.45, 7) is 1.92. The molecule has 0 unspecified atom stereocenters. The van der Waals surface area contributed by atoms with E-state index in [1.54, 1.807) is 6.07 Å². The highest BCUT2D eigenvalue weighted by Gasteiger charge is 2.09. The van der Waals surface area contributed by atoms with Gasteiger partial charge in [-0.3, -0.25) is 4.79 Å². The van der Waals surface area contributed by atoms with E-state index in [2.05, 4.69) is 20.6 Å². The van der Waals surface area contributed by atoms with E-state index >= 15 is 0 Å². The number of nitrogens with one attached hydrogen (secondary N) is 2. The van der Waals surface area contributed by atoms with E-state index < -0.39 is 11.6 Å². The number of hydrogen-bond donors (Lipinski definition) is 2. The zero-order valence-corrected chi connectivity index (χ0v) is 13.3. The van der Waals surface area contributed by atoms with Crippen LogP contribution in [0.3, 0.4) is 0 Å². The van der Waals surface area contributed by atoms with E-state index in [1.165, 1.54) is 18.5 Å². The number of nitrogens with zero attached hydrogens (tertiary/aromatic N) is 2. The van der Waals surface area contributed by atoms with Gasteiger partial charge in [-0.05, 0) is 36.8 Å². The number of benzene rings is 2. The minimum atomic E-state index is -0.759. The maximum Gasteiger partial charge on any atom is 0.258 e. The van der Waals surface area contributed by atoms with E-state index in [0.717, 1.165) is 17.7 Å². The van der Waals surface area contributed by atoms with E-state index in [1.807, 2.05) is 25.1 Å². The van der Waals surface area contributed by atoms with Gasteiger partial charge in [0.25, 0.3) is 5.91 Å². The third kappa shape index (κ3) is 4.14. The highest BCUT2D eigenvalue weighted by atomic mass is 19.1. The van der Waals surface area contributed by atoms with Crippen LogP contribution in [0.5, 0.6) is 0 Å². The Bertz CT molecular complexity index is 913. The van der Waals surface area contributed by atoms with Gasteiger partial charge in [0.15, 0.2) is 0 Å². The van der Waals surface area contributed by atoms with Gasteiger partial charge < -0.3 is 10.6 Å². The molecule has 1 amide bonds. The van der Waals surface area contributed by atoms with Crippen LogP contribution in [0.2, 0.25) is 0 Å². The number of aryl methyl sites for hydroxylation is 1. The number of amides is 1. The average molecular weight is 340 g/mol. The second-order valence-electron chi connectivity index (χ2n) is 5.37. The number of halogens is 2. The average Bonchev–Trinajstić information content (AvgIpc) is 2.58. The van der Waals surface area contributed by atoms with E-state index in [9.17, 15) is 13.6 Å². The normalized spacial score (nSPS) is 10.4. The molecular formula is C18H14F2N4O. The summed E-state index contributed by atoms with van der Waals surface area (Å²) in [7, 11) is 0. The molecule has 2 aromatic carbocycles. The highest BCUT2D eigenvalue weighted by Crippen LogP contribution is 2.18. The summed E-state index contributed by atoms with van der Waals surface area (Å²) < 4.78 is 26.5. The van der Waals surface area contributed by atoms with Crippen LogP contribution >= 0.6 is 0 Å². The molecule has 126 valence electrons. The fraction of sp³-hybridized carbons (Fsp3) is 0.0556. The summed E-state index contributed by atoms with van der Waals surface area (Å²) in [5.74, 6) is -1.69. The molecule has 0 fully saturated rings. The predicted molar refractivity (Wildman–Crippen MR) is 90.8 cm³/mol. The summed E-state index contributed by atoms with van der Waals surface area (Å²) in [4.78, 5) is 20.1. The zero-order valence-electron chi connectivity index (χ0n) is 13.3. The lowest BCUT2D eigenvalue weighted by atomic mass is 10.2. The lowest BCUT2D eigenvalue weighted by Gasteiger charge is -2.08. The molecule has 25 heavy (non-hydrogen) atoms. The van der Waals surface area contributed by atoms with Gasteiger partial charge in [-0.2, -0.15) is 0 Å². The number of hydrogen-bond acceptors (Lipinski definition) is 4. The third-order valence-corrected chi connectivity index (χ3v) is 3.37. The van der Waals surface area contributed by atoms with Gasteiger partial charge in [0.1, 0.15) is 11.6 Å². The maximum absolute atomic E-state index is 13.6. The minimum Gasteiger partial charge on any atom is -0.322 e. The van der Waals surface area contributed by atoms with Crippen molar-refractivity contribution >= 4 is 23.2 Å². The van der Waals surface area contributed by atoms with Crippen molar-refractivity contribution in [3.05, 3.63) is 77.6 Å². The first-order chi connectivity index (χ1) is 12.0. The number of rotatable bonds is 4. The molecule has 0 saturated carbocycles. The quantitative estimate of drug-likeness (QED) is 0.752. The van der Waals surface area contributed by atoms with Gasteiger partial charge in [0.05, 0.1) is 11.3 Å². The van der Waals surface area contributed by atoms with Crippen molar-refractivity contribution in [3.63, 3.8) is 0 Å². The Morgan fingerprint density at radius 3 is 2.48 bits per heavy atom. The molecule has 0 radical (unpaired) electrons. The topological polar surface area (TPSA) is 66.9 Å². The third-order valence-electron chi connectivity index (χ3n) is 3.37. The first kappa shape index (κ1) is 16.5. The highest BCUT2D eigenvalue weighted by molar-refractivity contribution is 6.03. The van der Waals surface area contributed by atoms with Crippen molar-refractivity contribution < 1.29 is 13.6 Å². The van der Waals surface area contributed by atoms with E-state index in [4.69, 9.17) is 0 Å². The second-order valence-corrected chi connectivity index (χ2v) is 5.37. The molecule has 1 aromatic heterocycles. The van der Waals surface area contributed by atoms with Gasteiger partial charge in [-0.25, -0.2) is 18.7 Å². The Kier molecular flexibility index (Phi) is 4.65. The summed E-state index contributed by atoms with van der Waals surface area (Å²) in [6, 6.07) is 10.5. The monoisotopic (exact) mass is 340 g/mol. The molecule has 5 nitrogen and oxygen atoms in total. The van der Waals surface area contributed by atoms with Crippen LogP contribution < -0.4 is 10.6 Å². The largest absolute Gasteiger partial charge is 0.322 e. The number of carbonyl (C=O) groups is 1. The second kappa shape index (κ2) is 7.04. The Hall–Kier alpha value is -3.35. The van der Waals surface area contributed by atoms with Crippen LogP contribution in [0.4, 0.5) is 26.1 Å². The predicted octanol–water partition coefficient (Wildman–Crippen LogP) is 4.06. The van der Waals surface area contributed by atoms with Crippen LogP contribution in [0, 0.1) is 18.6 Å². The smallest absolute Gasteiger partial charge is 0.258 e. The molecule has 0 spiro atoms. The van der Waals surface area contributed by atoms with Crippen molar-refractivity contribution in [2.75, 3.05) is 10.6 Å². The first-order valence-corrected chi connectivity index (χ1v) is 7.43. The van der Waals surface area contributed by atoms with Crippen molar-refractivity contribution in [2.45, 2.75) is 6.92 Å². The van der Waals surface area contributed by atoms with Crippen molar-refractivity contribution in [1.29, 1.82) is 0 Å². The minimum absolute atomic E-state index is 0.0402.